The van der Waals surface area contributed by atoms with Crippen molar-refractivity contribution in [3.63, 3.8) is 0 Å². The summed E-state index contributed by atoms with van der Waals surface area (Å²) in [5.74, 6) is -0.431. The van der Waals surface area contributed by atoms with Gasteiger partial charge >= 0.3 is 5.97 Å². The van der Waals surface area contributed by atoms with Crippen LogP contribution in [-0.2, 0) is 9.53 Å². The first-order chi connectivity index (χ1) is 5.31. The smallest absolute Gasteiger partial charge is 0.304 e. The second kappa shape index (κ2) is 4.40. The van der Waals surface area contributed by atoms with Gasteiger partial charge in [0.15, 0.2) is 6.23 Å². The molecule has 3 nitrogen and oxygen atoms in total. The summed E-state index contributed by atoms with van der Waals surface area (Å²) in [6.45, 7) is 4.21. The Bertz CT molecular complexity index is 154. The van der Waals surface area contributed by atoms with Gasteiger partial charge in [0.05, 0.1) is 0 Å². The van der Waals surface area contributed by atoms with Crippen LogP contribution in [0.2, 0.25) is 0 Å². The summed E-state index contributed by atoms with van der Waals surface area (Å²) in [5, 5.41) is 0. The topological polar surface area (TPSA) is 52.3 Å². The Labute approximate surface area is 72.1 Å². The molecule has 0 fully saturated rings. The van der Waals surface area contributed by atoms with E-state index in [0.717, 1.165) is 0 Å². The van der Waals surface area contributed by atoms with Crippen LogP contribution in [0.4, 0.5) is 4.39 Å². The minimum absolute atomic E-state index is 0.293. The monoisotopic (exact) mass is 177 g/mol. The van der Waals surface area contributed by atoms with Gasteiger partial charge in [0.2, 0.25) is 0 Å². The Kier molecular flexibility index (Phi) is 4.17. The van der Waals surface area contributed by atoms with Crippen molar-refractivity contribution in [2.24, 2.45) is 5.73 Å². The summed E-state index contributed by atoms with van der Waals surface area (Å²) in [6, 6.07) is 0. The summed E-state index contributed by atoms with van der Waals surface area (Å²) in [6.07, 6.45) is -0.0395. The van der Waals surface area contributed by atoms with E-state index in [1.165, 1.54) is 20.8 Å². The highest BCUT2D eigenvalue weighted by Crippen LogP contribution is 2.16. The van der Waals surface area contributed by atoms with Crippen LogP contribution < -0.4 is 5.73 Å². The second-order valence-electron chi connectivity index (χ2n) is 3.41. The first-order valence-corrected chi connectivity index (χ1v) is 3.93. The summed E-state index contributed by atoms with van der Waals surface area (Å²) < 4.78 is 17.5. The maximum absolute atomic E-state index is 12.9. The van der Waals surface area contributed by atoms with E-state index >= 15 is 0 Å². The minimum Gasteiger partial charge on any atom is -0.447 e. The van der Waals surface area contributed by atoms with E-state index in [-0.39, 0.29) is 0 Å². The number of hydrogen-bond donors (Lipinski definition) is 1. The number of rotatable bonds is 4. The molecule has 0 spiro atoms. The van der Waals surface area contributed by atoms with Gasteiger partial charge in [-0.3, -0.25) is 10.5 Å². The Hall–Kier alpha value is -0.640. The van der Waals surface area contributed by atoms with Crippen molar-refractivity contribution in [2.75, 3.05) is 0 Å². The van der Waals surface area contributed by atoms with Crippen LogP contribution in [0.5, 0.6) is 0 Å². The molecule has 0 saturated carbocycles. The van der Waals surface area contributed by atoms with Crippen molar-refractivity contribution in [1.29, 1.82) is 0 Å². The van der Waals surface area contributed by atoms with E-state index in [9.17, 15) is 9.18 Å². The zero-order valence-corrected chi connectivity index (χ0v) is 7.76. The van der Waals surface area contributed by atoms with E-state index < -0.39 is 17.9 Å². The van der Waals surface area contributed by atoms with Crippen LogP contribution in [0.15, 0.2) is 0 Å². The van der Waals surface area contributed by atoms with Gasteiger partial charge in [0.25, 0.3) is 0 Å². The van der Waals surface area contributed by atoms with E-state index in [1.807, 2.05) is 0 Å². The summed E-state index contributed by atoms with van der Waals surface area (Å²) in [5.41, 5.74) is 4.12. The van der Waals surface area contributed by atoms with E-state index in [4.69, 9.17) is 5.73 Å². The molecular formula is C8H16FNO2. The van der Waals surface area contributed by atoms with Crippen molar-refractivity contribution >= 4 is 5.97 Å². The van der Waals surface area contributed by atoms with Gasteiger partial charge in [-0.2, -0.15) is 0 Å². The molecule has 0 radical (unpaired) electrons. The zero-order valence-electron chi connectivity index (χ0n) is 7.76. The van der Waals surface area contributed by atoms with Crippen LogP contribution in [-0.4, -0.2) is 17.9 Å². The molecule has 0 rings (SSSR count). The molecule has 0 heterocycles. The average Bonchev–Trinajstić information content (AvgIpc) is 1.80. The largest absolute Gasteiger partial charge is 0.447 e. The van der Waals surface area contributed by atoms with E-state index in [2.05, 4.69) is 4.74 Å². The first-order valence-electron chi connectivity index (χ1n) is 3.93. The average molecular weight is 177 g/mol. The molecule has 0 aliphatic heterocycles. The van der Waals surface area contributed by atoms with Gasteiger partial charge in [0, 0.05) is 13.3 Å². The van der Waals surface area contributed by atoms with E-state index in [0.29, 0.717) is 12.8 Å². The van der Waals surface area contributed by atoms with Crippen molar-refractivity contribution < 1.29 is 13.9 Å². The number of carbonyl (C=O) groups excluding carboxylic acids is 1. The number of carbonyl (C=O) groups is 1. The third-order valence-corrected chi connectivity index (χ3v) is 1.34. The number of halogens is 1. The van der Waals surface area contributed by atoms with Gasteiger partial charge in [-0.05, 0) is 20.3 Å². The Morgan fingerprint density at radius 3 is 2.50 bits per heavy atom. The third kappa shape index (κ3) is 7.47. The van der Waals surface area contributed by atoms with Crippen molar-refractivity contribution in [2.45, 2.75) is 45.5 Å². The lowest BCUT2D eigenvalue weighted by Gasteiger charge is -2.17. The highest BCUT2D eigenvalue weighted by Gasteiger charge is 2.17. The zero-order chi connectivity index (χ0) is 9.78. The molecule has 0 saturated heterocycles. The number of esters is 1. The normalized spacial score (nSPS) is 14.1. The molecule has 0 amide bonds. The number of alkyl halides is 1. The summed E-state index contributed by atoms with van der Waals surface area (Å²) >= 11 is 0. The number of hydrogen-bond acceptors (Lipinski definition) is 3. The maximum atomic E-state index is 12.9. The Morgan fingerprint density at radius 1 is 1.67 bits per heavy atom. The van der Waals surface area contributed by atoms with Crippen molar-refractivity contribution in [1.82, 2.24) is 0 Å². The van der Waals surface area contributed by atoms with Crippen LogP contribution in [0, 0.1) is 0 Å². The molecule has 12 heavy (non-hydrogen) atoms. The molecule has 1 atom stereocenters. The van der Waals surface area contributed by atoms with Gasteiger partial charge in [-0.15, -0.1) is 0 Å². The predicted octanol–water partition coefficient (Wildman–Crippen LogP) is 1.36. The SMILES string of the molecule is CC(=O)OC(N)CCC(C)(C)F. The highest BCUT2D eigenvalue weighted by molar-refractivity contribution is 5.66. The Morgan fingerprint density at radius 2 is 2.17 bits per heavy atom. The molecule has 72 valence electrons. The van der Waals surface area contributed by atoms with Crippen LogP contribution in [0.1, 0.15) is 33.6 Å². The second-order valence-corrected chi connectivity index (χ2v) is 3.41. The molecule has 0 aliphatic rings. The van der Waals surface area contributed by atoms with Gasteiger partial charge in [-0.1, -0.05) is 0 Å². The lowest BCUT2D eigenvalue weighted by atomic mass is 10.0. The van der Waals surface area contributed by atoms with Crippen LogP contribution in [0.3, 0.4) is 0 Å². The third-order valence-electron chi connectivity index (χ3n) is 1.34. The predicted molar refractivity (Wildman–Crippen MR) is 44.2 cm³/mol. The summed E-state index contributed by atoms with van der Waals surface area (Å²) in [4.78, 5) is 10.4. The van der Waals surface area contributed by atoms with Crippen LogP contribution in [0.25, 0.3) is 0 Å². The van der Waals surface area contributed by atoms with Gasteiger partial charge in [-0.25, -0.2) is 4.39 Å². The minimum atomic E-state index is -1.25. The molecule has 0 aliphatic carbocycles. The Balaban J connectivity index is 3.57. The first kappa shape index (κ1) is 11.4. The molecule has 0 aromatic rings. The molecule has 0 bridgehead atoms. The van der Waals surface area contributed by atoms with Gasteiger partial charge < -0.3 is 4.74 Å². The van der Waals surface area contributed by atoms with Crippen molar-refractivity contribution in [3.8, 4) is 0 Å². The van der Waals surface area contributed by atoms with Crippen molar-refractivity contribution in [3.05, 3.63) is 0 Å². The quantitative estimate of drug-likeness (QED) is 0.521. The molecule has 2 N–H and O–H groups in total. The number of ether oxygens (including phenoxy) is 1. The lowest BCUT2D eigenvalue weighted by Crippen LogP contribution is -2.28. The molecule has 1 unspecified atom stereocenters. The van der Waals surface area contributed by atoms with Crippen LogP contribution >= 0.6 is 0 Å². The molecule has 4 heteroatoms. The fourth-order valence-electron chi connectivity index (χ4n) is 0.758. The maximum Gasteiger partial charge on any atom is 0.304 e. The molecular weight excluding hydrogens is 161 g/mol. The van der Waals surface area contributed by atoms with Gasteiger partial charge in [0.1, 0.15) is 5.67 Å². The highest BCUT2D eigenvalue weighted by atomic mass is 19.1. The fraction of sp³-hybridized carbons (Fsp3) is 0.875. The van der Waals surface area contributed by atoms with E-state index in [1.54, 1.807) is 0 Å². The standard InChI is InChI=1S/C8H16FNO2/c1-6(11)12-7(10)4-5-8(2,3)9/h7H,4-5,10H2,1-3H3. The molecule has 0 aromatic carbocycles. The molecule has 0 aromatic heterocycles. The lowest BCUT2D eigenvalue weighted by molar-refractivity contribution is -0.146. The number of nitrogens with two attached hydrogens (primary N) is 1. The summed E-state index contributed by atoms with van der Waals surface area (Å²) in [7, 11) is 0. The fourth-order valence-corrected chi connectivity index (χ4v) is 0.758.